The van der Waals surface area contributed by atoms with Gasteiger partial charge in [-0.25, -0.2) is 4.39 Å². The zero-order chi connectivity index (χ0) is 13.2. The van der Waals surface area contributed by atoms with Crippen LogP contribution in [0.25, 0.3) is 23.1 Å². The molecule has 0 amide bonds. The Kier molecular flexibility index (Phi) is 2.86. The molecular weight excluding hydrogens is 261 g/mol. The van der Waals surface area contributed by atoms with E-state index in [2.05, 4.69) is 10.2 Å². The average Bonchev–Trinajstić information content (AvgIpc) is 3.06. The summed E-state index contributed by atoms with van der Waals surface area (Å²) in [6.45, 7) is 0. The number of aromatic amines is 1. The van der Waals surface area contributed by atoms with Gasteiger partial charge in [-0.1, -0.05) is 6.07 Å². The Morgan fingerprint density at radius 1 is 1.32 bits per heavy atom. The maximum absolute atomic E-state index is 14.1. The molecule has 2 heterocycles. The van der Waals surface area contributed by atoms with Gasteiger partial charge in [0, 0.05) is 4.88 Å². The van der Waals surface area contributed by atoms with Crippen LogP contribution >= 0.6 is 11.3 Å². The number of H-pyrrole nitrogens is 1. The van der Waals surface area contributed by atoms with Crippen molar-refractivity contribution in [3.63, 3.8) is 0 Å². The van der Waals surface area contributed by atoms with E-state index in [1.54, 1.807) is 23.5 Å². The molecule has 19 heavy (non-hydrogen) atoms. The van der Waals surface area contributed by atoms with Crippen molar-refractivity contribution in [2.24, 2.45) is 0 Å². The van der Waals surface area contributed by atoms with Gasteiger partial charge in [0.25, 0.3) is 0 Å². The first-order valence-corrected chi connectivity index (χ1v) is 6.46. The summed E-state index contributed by atoms with van der Waals surface area (Å²) in [5, 5.41) is 18.0. The molecule has 1 aromatic carbocycles. The van der Waals surface area contributed by atoms with E-state index in [1.165, 1.54) is 6.07 Å². The van der Waals surface area contributed by atoms with Crippen LogP contribution in [0.5, 0.6) is 0 Å². The van der Waals surface area contributed by atoms with Gasteiger partial charge < -0.3 is 0 Å². The summed E-state index contributed by atoms with van der Waals surface area (Å²) in [6.07, 6.45) is 3.62. The molecule has 0 atom stereocenters. The number of rotatable bonds is 2. The minimum absolute atomic E-state index is 0.0275. The number of nitrogens with one attached hydrogen (secondary N) is 1. The molecule has 0 aliphatic heterocycles. The lowest BCUT2D eigenvalue weighted by Gasteiger charge is -1.95. The number of hydrogen-bond donors (Lipinski definition) is 1. The molecule has 0 radical (unpaired) electrons. The number of hydrogen-bond acceptors (Lipinski definition) is 3. The highest BCUT2D eigenvalue weighted by Crippen LogP contribution is 2.24. The summed E-state index contributed by atoms with van der Waals surface area (Å²) in [5.41, 5.74) is 1.11. The molecule has 0 aliphatic rings. The van der Waals surface area contributed by atoms with Crippen LogP contribution in [0.2, 0.25) is 0 Å². The molecule has 5 heteroatoms. The van der Waals surface area contributed by atoms with Gasteiger partial charge in [0.1, 0.15) is 6.07 Å². The first-order valence-electron chi connectivity index (χ1n) is 5.58. The molecular formula is C14H8FN3S. The molecule has 0 saturated heterocycles. The fraction of sp³-hybridized carbons (Fsp3) is 0. The third-order valence-corrected chi connectivity index (χ3v) is 3.60. The molecule has 2 aromatic heterocycles. The average molecular weight is 269 g/mol. The van der Waals surface area contributed by atoms with Crippen molar-refractivity contribution in [1.29, 1.82) is 5.26 Å². The molecule has 3 aromatic rings. The number of thiophene rings is 1. The van der Waals surface area contributed by atoms with Crippen molar-refractivity contribution in [2.45, 2.75) is 0 Å². The summed E-state index contributed by atoms with van der Waals surface area (Å²) in [7, 11) is 0. The third kappa shape index (κ3) is 2.02. The van der Waals surface area contributed by atoms with Gasteiger partial charge in [-0.2, -0.15) is 10.4 Å². The minimum atomic E-state index is -0.528. The summed E-state index contributed by atoms with van der Waals surface area (Å²) in [5.74, 6) is -0.528. The Hall–Kier alpha value is -2.45. The summed E-state index contributed by atoms with van der Waals surface area (Å²) in [4.78, 5) is 1.06. The van der Waals surface area contributed by atoms with Gasteiger partial charge in [-0.15, -0.1) is 11.3 Å². The Balaban J connectivity index is 2.12. The van der Waals surface area contributed by atoms with E-state index in [0.29, 0.717) is 16.6 Å². The molecule has 0 fully saturated rings. The van der Waals surface area contributed by atoms with Gasteiger partial charge in [-0.3, -0.25) is 5.10 Å². The highest BCUT2D eigenvalue weighted by Gasteiger charge is 2.12. The van der Waals surface area contributed by atoms with E-state index in [4.69, 9.17) is 5.26 Å². The maximum Gasteiger partial charge on any atom is 0.152 e. The normalized spacial score (nSPS) is 11.2. The van der Waals surface area contributed by atoms with Crippen molar-refractivity contribution in [2.75, 3.05) is 0 Å². The molecule has 0 aliphatic carbocycles. The lowest BCUT2D eigenvalue weighted by Crippen LogP contribution is -1.85. The molecule has 3 nitrogen and oxygen atoms in total. The van der Waals surface area contributed by atoms with Crippen LogP contribution in [-0.4, -0.2) is 10.2 Å². The highest BCUT2D eigenvalue weighted by molar-refractivity contribution is 7.10. The summed E-state index contributed by atoms with van der Waals surface area (Å²) >= 11 is 1.59. The Bertz CT molecular complexity index is 794. The second kappa shape index (κ2) is 4.67. The topological polar surface area (TPSA) is 52.5 Å². The number of halogens is 1. The Morgan fingerprint density at radius 2 is 2.21 bits per heavy atom. The van der Waals surface area contributed by atoms with E-state index in [1.807, 2.05) is 29.7 Å². The first-order chi connectivity index (χ1) is 9.29. The van der Waals surface area contributed by atoms with Crippen LogP contribution in [0.4, 0.5) is 4.39 Å². The van der Waals surface area contributed by atoms with Crippen LogP contribution in [0.15, 0.2) is 29.6 Å². The van der Waals surface area contributed by atoms with Crippen LogP contribution in [0.3, 0.4) is 0 Å². The zero-order valence-electron chi connectivity index (χ0n) is 9.72. The smallest absolute Gasteiger partial charge is 0.152 e. The molecule has 1 N–H and O–H groups in total. The van der Waals surface area contributed by atoms with Crippen molar-refractivity contribution >= 4 is 34.4 Å². The third-order valence-electron chi connectivity index (χ3n) is 2.76. The van der Waals surface area contributed by atoms with Gasteiger partial charge in [-0.05, 0) is 35.7 Å². The van der Waals surface area contributed by atoms with Crippen LogP contribution in [0.1, 0.15) is 16.1 Å². The van der Waals surface area contributed by atoms with Crippen molar-refractivity contribution in [3.05, 3.63) is 51.6 Å². The molecule has 0 saturated carbocycles. The van der Waals surface area contributed by atoms with Gasteiger partial charge in [0.15, 0.2) is 5.82 Å². The number of nitrogens with zero attached hydrogens (tertiary/aromatic N) is 2. The van der Waals surface area contributed by atoms with E-state index in [9.17, 15) is 4.39 Å². The van der Waals surface area contributed by atoms with Gasteiger partial charge in [0.05, 0.1) is 22.2 Å². The Morgan fingerprint density at radius 3 is 2.95 bits per heavy atom. The SMILES string of the molecule is N#Cc1ccc2[nH]nc(C=Cc3cccs3)c2c1F. The largest absolute Gasteiger partial charge is 0.277 e. The number of aromatic nitrogens is 2. The monoisotopic (exact) mass is 269 g/mol. The molecule has 92 valence electrons. The van der Waals surface area contributed by atoms with E-state index < -0.39 is 5.82 Å². The molecule has 0 unspecified atom stereocenters. The van der Waals surface area contributed by atoms with E-state index in [0.717, 1.165) is 4.88 Å². The molecule has 3 rings (SSSR count). The first kappa shape index (κ1) is 11.6. The molecule has 0 bridgehead atoms. The van der Waals surface area contributed by atoms with Crippen molar-refractivity contribution in [1.82, 2.24) is 10.2 Å². The fourth-order valence-corrected chi connectivity index (χ4v) is 2.47. The molecule has 0 spiro atoms. The maximum atomic E-state index is 14.1. The van der Waals surface area contributed by atoms with Crippen LogP contribution < -0.4 is 0 Å². The summed E-state index contributed by atoms with van der Waals surface area (Å²) < 4.78 is 14.1. The van der Waals surface area contributed by atoms with Gasteiger partial charge >= 0.3 is 0 Å². The van der Waals surface area contributed by atoms with Crippen LogP contribution in [0, 0.1) is 17.1 Å². The number of fused-ring (bicyclic) bond motifs is 1. The minimum Gasteiger partial charge on any atom is -0.277 e. The fourth-order valence-electron chi connectivity index (χ4n) is 1.85. The predicted molar refractivity (Wildman–Crippen MR) is 74.0 cm³/mol. The second-order valence-electron chi connectivity index (χ2n) is 3.92. The van der Waals surface area contributed by atoms with Crippen LogP contribution in [-0.2, 0) is 0 Å². The standard InChI is InChI=1S/C14H8FN3S/c15-14-9(8-16)3-5-11-13(14)12(18-17-11)6-4-10-2-1-7-19-10/h1-7H,(H,17,18). The Labute approximate surface area is 112 Å². The lowest BCUT2D eigenvalue weighted by atomic mass is 10.1. The van der Waals surface area contributed by atoms with Crippen molar-refractivity contribution < 1.29 is 4.39 Å². The van der Waals surface area contributed by atoms with E-state index >= 15 is 0 Å². The zero-order valence-corrected chi connectivity index (χ0v) is 10.5. The van der Waals surface area contributed by atoms with Gasteiger partial charge in [0.2, 0.25) is 0 Å². The quantitative estimate of drug-likeness (QED) is 0.769. The summed E-state index contributed by atoms with van der Waals surface area (Å²) in [6, 6.07) is 8.85. The van der Waals surface area contributed by atoms with Crippen molar-refractivity contribution in [3.8, 4) is 6.07 Å². The predicted octanol–water partition coefficient (Wildman–Crippen LogP) is 3.81. The second-order valence-corrected chi connectivity index (χ2v) is 4.90. The lowest BCUT2D eigenvalue weighted by molar-refractivity contribution is 0.636. The highest BCUT2D eigenvalue weighted by atomic mass is 32.1. The number of nitriles is 1. The number of benzene rings is 1. The van der Waals surface area contributed by atoms with E-state index in [-0.39, 0.29) is 5.56 Å².